The van der Waals surface area contributed by atoms with Crippen LogP contribution in [0.2, 0.25) is 0 Å². The molecular weight excluding hydrogens is 396 g/mol. The number of fused-ring (bicyclic) bond motifs is 6. The number of ether oxygens (including phenoxy) is 1. The zero-order valence-corrected chi connectivity index (χ0v) is 17.2. The maximum absolute atomic E-state index is 12.9. The highest BCUT2D eigenvalue weighted by Gasteiger charge is 2.62. The summed E-state index contributed by atoms with van der Waals surface area (Å²) in [5.74, 6) is -1.80. The second-order valence-corrected chi connectivity index (χ2v) is 8.79. The summed E-state index contributed by atoms with van der Waals surface area (Å²) in [7, 11) is 0. The quantitative estimate of drug-likeness (QED) is 0.593. The standard InChI is InChI=1S/C24H24N2O5/c1-13(26-22(28)20-15-9-10-16(11-15)21(20)23(26)29)24(30)31-12-19(27)25-18-8-4-6-14-5-2-3-7-17(14)18/h2-8,13,15-16,20-21H,9-12H2,1H3,(H,25,27)/t13-,15-,16+,20-,21-/m0/s1. The number of hydrogen-bond donors (Lipinski definition) is 1. The van der Waals surface area contributed by atoms with Gasteiger partial charge in [-0.25, -0.2) is 4.79 Å². The van der Waals surface area contributed by atoms with E-state index < -0.39 is 24.5 Å². The molecule has 2 aromatic rings. The maximum atomic E-state index is 12.9. The van der Waals surface area contributed by atoms with E-state index in [0.717, 1.165) is 34.9 Å². The number of esters is 1. The molecule has 31 heavy (non-hydrogen) atoms. The Morgan fingerprint density at radius 1 is 1.03 bits per heavy atom. The summed E-state index contributed by atoms with van der Waals surface area (Å²) in [6.45, 7) is 1.00. The van der Waals surface area contributed by atoms with Crippen molar-refractivity contribution in [3.8, 4) is 0 Å². The van der Waals surface area contributed by atoms with Crippen LogP contribution in [0, 0.1) is 23.7 Å². The first-order valence-corrected chi connectivity index (χ1v) is 10.8. The zero-order valence-electron chi connectivity index (χ0n) is 17.2. The maximum Gasteiger partial charge on any atom is 0.329 e. The Bertz CT molecular complexity index is 1060. The molecule has 0 aromatic heterocycles. The smallest absolute Gasteiger partial charge is 0.329 e. The Morgan fingerprint density at radius 2 is 1.68 bits per heavy atom. The molecule has 7 nitrogen and oxygen atoms in total. The summed E-state index contributed by atoms with van der Waals surface area (Å²) in [5, 5.41) is 4.62. The van der Waals surface area contributed by atoms with Crippen molar-refractivity contribution in [2.75, 3.05) is 11.9 Å². The van der Waals surface area contributed by atoms with E-state index in [-0.39, 0.29) is 35.5 Å². The molecule has 5 atom stereocenters. The molecule has 2 aromatic carbocycles. The first kappa shape index (κ1) is 19.7. The highest BCUT2D eigenvalue weighted by molar-refractivity contribution is 6.09. The molecule has 1 aliphatic heterocycles. The number of nitrogens with zero attached hydrogens (tertiary/aromatic N) is 1. The van der Waals surface area contributed by atoms with E-state index in [0.29, 0.717) is 5.69 Å². The van der Waals surface area contributed by atoms with Crippen LogP contribution in [0.1, 0.15) is 26.2 Å². The van der Waals surface area contributed by atoms with Crippen molar-refractivity contribution < 1.29 is 23.9 Å². The summed E-state index contributed by atoms with van der Waals surface area (Å²) < 4.78 is 5.15. The van der Waals surface area contributed by atoms with Crippen molar-refractivity contribution in [3.63, 3.8) is 0 Å². The average Bonchev–Trinajstić information content (AvgIpc) is 3.45. The average molecular weight is 420 g/mol. The molecule has 160 valence electrons. The summed E-state index contributed by atoms with van der Waals surface area (Å²) in [6, 6.07) is 12.2. The van der Waals surface area contributed by atoms with Crippen molar-refractivity contribution in [1.29, 1.82) is 0 Å². The van der Waals surface area contributed by atoms with Crippen molar-refractivity contribution in [3.05, 3.63) is 42.5 Å². The number of rotatable bonds is 5. The van der Waals surface area contributed by atoms with E-state index in [1.54, 1.807) is 6.07 Å². The van der Waals surface area contributed by atoms with Crippen LogP contribution < -0.4 is 5.32 Å². The molecule has 3 aliphatic rings. The fraction of sp³-hybridized carbons (Fsp3) is 0.417. The van der Waals surface area contributed by atoms with Gasteiger partial charge in [-0.3, -0.25) is 19.3 Å². The molecule has 3 fully saturated rings. The van der Waals surface area contributed by atoms with Gasteiger partial charge in [-0.15, -0.1) is 0 Å². The molecular formula is C24H24N2O5. The van der Waals surface area contributed by atoms with E-state index in [2.05, 4.69) is 5.32 Å². The Balaban J connectivity index is 1.21. The Kier molecular flexibility index (Phi) is 4.76. The Labute approximate surface area is 179 Å². The van der Waals surface area contributed by atoms with Gasteiger partial charge in [0.25, 0.3) is 5.91 Å². The van der Waals surface area contributed by atoms with Crippen LogP contribution in [-0.4, -0.2) is 41.2 Å². The van der Waals surface area contributed by atoms with Crippen molar-refractivity contribution >= 4 is 40.2 Å². The lowest BCUT2D eigenvalue weighted by Gasteiger charge is -2.23. The fourth-order valence-corrected chi connectivity index (χ4v) is 5.70. The predicted molar refractivity (Wildman–Crippen MR) is 113 cm³/mol. The molecule has 0 radical (unpaired) electrons. The largest absolute Gasteiger partial charge is 0.454 e. The summed E-state index contributed by atoms with van der Waals surface area (Å²) in [5.41, 5.74) is 0.625. The summed E-state index contributed by atoms with van der Waals surface area (Å²) >= 11 is 0. The minimum atomic E-state index is -1.03. The van der Waals surface area contributed by atoms with Gasteiger partial charge in [0.15, 0.2) is 6.61 Å². The molecule has 0 unspecified atom stereocenters. The van der Waals surface area contributed by atoms with Crippen LogP contribution in [-0.2, 0) is 23.9 Å². The molecule has 7 heteroatoms. The summed E-state index contributed by atoms with van der Waals surface area (Å²) in [6.07, 6.45) is 2.89. The van der Waals surface area contributed by atoms with Crippen molar-refractivity contribution in [2.24, 2.45) is 23.7 Å². The van der Waals surface area contributed by atoms with Gasteiger partial charge in [-0.1, -0.05) is 36.4 Å². The molecule has 3 amide bonds. The van der Waals surface area contributed by atoms with Gasteiger partial charge in [-0.05, 0) is 49.5 Å². The van der Waals surface area contributed by atoms with Crippen LogP contribution in [0.5, 0.6) is 0 Å². The van der Waals surface area contributed by atoms with E-state index >= 15 is 0 Å². The van der Waals surface area contributed by atoms with Crippen LogP contribution in [0.25, 0.3) is 10.8 Å². The lowest BCUT2D eigenvalue weighted by atomic mass is 9.81. The van der Waals surface area contributed by atoms with E-state index in [1.807, 2.05) is 36.4 Å². The highest BCUT2D eigenvalue weighted by atomic mass is 16.5. The van der Waals surface area contributed by atoms with Crippen molar-refractivity contribution in [1.82, 2.24) is 4.90 Å². The third-order valence-corrected chi connectivity index (χ3v) is 7.10. The number of benzene rings is 2. The normalized spacial score (nSPS) is 27.5. The zero-order chi connectivity index (χ0) is 21.7. The number of nitrogens with one attached hydrogen (secondary N) is 1. The van der Waals surface area contributed by atoms with E-state index in [9.17, 15) is 19.2 Å². The first-order chi connectivity index (χ1) is 15.0. The third kappa shape index (κ3) is 3.19. The van der Waals surface area contributed by atoms with Gasteiger partial charge in [0.05, 0.1) is 11.8 Å². The fourth-order valence-electron chi connectivity index (χ4n) is 5.70. The lowest BCUT2D eigenvalue weighted by molar-refractivity contribution is -0.159. The van der Waals surface area contributed by atoms with E-state index in [4.69, 9.17) is 4.74 Å². The SMILES string of the molecule is C[C@@H](C(=O)OCC(=O)Nc1cccc2ccccc12)N1C(=O)[C@H]2[C@@H]3CC[C@@H](C3)[C@@H]2C1=O. The van der Waals surface area contributed by atoms with Gasteiger partial charge in [0.1, 0.15) is 6.04 Å². The predicted octanol–water partition coefficient (Wildman–Crippen LogP) is 2.74. The third-order valence-electron chi connectivity index (χ3n) is 7.10. The van der Waals surface area contributed by atoms with Gasteiger partial charge in [-0.2, -0.15) is 0 Å². The number of carbonyl (C=O) groups is 4. The number of hydrogen-bond acceptors (Lipinski definition) is 5. The molecule has 1 heterocycles. The number of anilines is 1. The van der Waals surface area contributed by atoms with Gasteiger partial charge in [0, 0.05) is 11.1 Å². The van der Waals surface area contributed by atoms with Crippen LogP contribution in [0.4, 0.5) is 5.69 Å². The molecule has 2 saturated carbocycles. The number of amides is 3. The summed E-state index contributed by atoms with van der Waals surface area (Å²) in [4.78, 5) is 51.7. The molecule has 1 saturated heterocycles. The Hall–Kier alpha value is -3.22. The van der Waals surface area contributed by atoms with E-state index in [1.165, 1.54) is 6.92 Å². The molecule has 0 spiro atoms. The number of likely N-dealkylation sites (tertiary alicyclic amines) is 1. The van der Waals surface area contributed by atoms with Crippen LogP contribution in [0.3, 0.4) is 0 Å². The minimum absolute atomic E-state index is 0.256. The van der Waals surface area contributed by atoms with Gasteiger partial charge >= 0.3 is 5.97 Å². The second-order valence-electron chi connectivity index (χ2n) is 8.79. The monoisotopic (exact) mass is 420 g/mol. The van der Waals surface area contributed by atoms with Gasteiger partial charge < -0.3 is 10.1 Å². The number of carbonyl (C=O) groups excluding carboxylic acids is 4. The second kappa shape index (κ2) is 7.48. The lowest BCUT2D eigenvalue weighted by Crippen LogP contribution is -2.45. The molecule has 2 aliphatic carbocycles. The Morgan fingerprint density at radius 3 is 2.39 bits per heavy atom. The number of imide groups is 1. The molecule has 1 N–H and O–H groups in total. The van der Waals surface area contributed by atoms with Crippen molar-refractivity contribution in [2.45, 2.75) is 32.2 Å². The van der Waals surface area contributed by atoms with Gasteiger partial charge in [0.2, 0.25) is 11.8 Å². The topological polar surface area (TPSA) is 92.8 Å². The van der Waals surface area contributed by atoms with Crippen LogP contribution >= 0.6 is 0 Å². The highest BCUT2D eigenvalue weighted by Crippen LogP contribution is 2.56. The molecule has 5 rings (SSSR count). The van der Waals surface area contributed by atoms with Crippen LogP contribution in [0.15, 0.2) is 42.5 Å². The molecule has 2 bridgehead atoms. The first-order valence-electron chi connectivity index (χ1n) is 10.8. The minimum Gasteiger partial charge on any atom is -0.454 e.